The summed E-state index contributed by atoms with van der Waals surface area (Å²) in [6, 6.07) is 5.21. The first-order valence-electron chi connectivity index (χ1n) is 5.10. The van der Waals surface area contributed by atoms with Crippen LogP contribution in [0.2, 0.25) is 0 Å². The summed E-state index contributed by atoms with van der Waals surface area (Å²) in [7, 11) is 0. The Morgan fingerprint density at radius 2 is 2.06 bits per heavy atom. The van der Waals surface area contributed by atoms with Gasteiger partial charge < -0.3 is 10.6 Å². The number of carbonyl (C=O) groups is 1. The minimum atomic E-state index is -0.631. The molecule has 5 heteroatoms. The minimum absolute atomic E-state index is 0.0470. The second-order valence-corrected chi connectivity index (χ2v) is 4.64. The number of nitriles is 1. The minimum Gasteiger partial charge on any atom is -0.333 e. The van der Waals surface area contributed by atoms with Crippen molar-refractivity contribution in [3.05, 3.63) is 29.6 Å². The molecule has 0 heterocycles. The zero-order valence-electron chi connectivity index (χ0n) is 9.97. The van der Waals surface area contributed by atoms with Crippen molar-refractivity contribution in [3.63, 3.8) is 0 Å². The van der Waals surface area contributed by atoms with Gasteiger partial charge in [0.15, 0.2) is 0 Å². The molecule has 0 aliphatic rings. The third-order valence-electron chi connectivity index (χ3n) is 1.83. The van der Waals surface area contributed by atoms with E-state index in [-0.39, 0.29) is 11.3 Å². The van der Waals surface area contributed by atoms with Crippen LogP contribution in [0.25, 0.3) is 0 Å². The summed E-state index contributed by atoms with van der Waals surface area (Å²) in [6.45, 7) is 5.46. The summed E-state index contributed by atoms with van der Waals surface area (Å²) < 4.78 is 13.4. The maximum Gasteiger partial charge on any atom is 0.319 e. The molecule has 0 spiro atoms. The second-order valence-electron chi connectivity index (χ2n) is 4.64. The van der Waals surface area contributed by atoms with E-state index in [1.807, 2.05) is 26.8 Å². The molecular formula is C12H14FN3O. The summed E-state index contributed by atoms with van der Waals surface area (Å²) >= 11 is 0. The number of anilines is 1. The van der Waals surface area contributed by atoms with Crippen LogP contribution >= 0.6 is 0 Å². The molecule has 4 nitrogen and oxygen atoms in total. The molecule has 2 N–H and O–H groups in total. The summed E-state index contributed by atoms with van der Waals surface area (Å²) in [5.41, 5.74) is -0.136. The number of urea groups is 1. The molecule has 1 rings (SSSR count). The van der Waals surface area contributed by atoms with Gasteiger partial charge in [0.1, 0.15) is 5.82 Å². The van der Waals surface area contributed by atoms with Gasteiger partial charge in [-0.2, -0.15) is 5.26 Å². The zero-order valence-corrected chi connectivity index (χ0v) is 9.97. The van der Waals surface area contributed by atoms with Crippen LogP contribution in [-0.4, -0.2) is 11.6 Å². The van der Waals surface area contributed by atoms with Gasteiger partial charge in [0.25, 0.3) is 0 Å². The van der Waals surface area contributed by atoms with E-state index >= 15 is 0 Å². The number of amides is 2. The van der Waals surface area contributed by atoms with Gasteiger partial charge in [-0.3, -0.25) is 0 Å². The second kappa shape index (κ2) is 4.83. The summed E-state index contributed by atoms with van der Waals surface area (Å²) in [5, 5.41) is 13.6. The topological polar surface area (TPSA) is 64.9 Å². The molecule has 90 valence electrons. The molecule has 0 fully saturated rings. The first-order valence-corrected chi connectivity index (χ1v) is 5.10. The van der Waals surface area contributed by atoms with Crippen LogP contribution in [0.4, 0.5) is 14.9 Å². The van der Waals surface area contributed by atoms with E-state index in [0.717, 1.165) is 6.07 Å². The molecule has 1 aromatic carbocycles. The van der Waals surface area contributed by atoms with Crippen molar-refractivity contribution in [1.82, 2.24) is 5.32 Å². The molecule has 0 unspecified atom stereocenters. The summed E-state index contributed by atoms with van der Waals surface area (Å²) in [4.78, 5) is 11.5. The number of hydrogen-bond acceptors (Lipinski definition) is 2. The van der Waals surface area contributed by atoms with E-state index in [1.165, 1.54) is 12.1 Å². The predicted octanol–water partition coefficient (Wildman–Crippen LogP) is 2.62. The Kier molecular flexibility index (Phi) is 3.69. The molecule has 2 amide bonds. The summed E-state index contributed by atoms with van der Waals surface area (Å²) in [6.07, 6.45) is 0. The van der Waals surface area contributed by atoms with Gasteiger partial charge in [-0.1, -0.05) is 0 Å². The first kappa shape index (κ1) is 13.0. The Morgan fingerprint density at radius 3 is 2.53 bits per heavy atom. The van der Waals surface area contributed by atoms with Gasteiger partial charge in [-0.05, 0) is 39.0 Å². The lowest BCUT2D eigenvalue weighted by molar-refractivity contribution is 0.243. The molecule has 1 aromatic rings. The monoisotopic (exact) mass is 235 g/mol. The molecule has 0 saturated heterocycles. The van der Waals surface area contributed by atoms with Crippen LogP contribution in [-0.2, 0) is 0 Å². The largest absolute Gasteiger partial charge is 0.333 e. The average molecular weight is 235 g/mol. The smallest absolute Gasteiger partial charge is 0.319 e. The Balaban J connectivity index is 2.76. The first-order chi connectivity index (χ1) is 7.81. The van der Waals surface area contributed by atoms with E-state index < -0.39 is 17.4 Å². The van der Waals surface area contributed by atoms with Gasteiger partial charge in [0.2, 0.25) is 0 Å². The number of hydrogen-bond donors (Lipinski definition) is 2. The highest BCUT2D eigenvalue weighted by atomic mass is 19.1. The van der Waals surface area contributed by atoms with E-state index in [0.29, 0.717) is 0 Å². The fraction of sp³-hybridized carbons (Fsp3) is 0.333. The van der Waals surface area contributed by atoms with Crippen LogP contribution in [0.5, 0.6) is 0 Å². The van der Waals surface area contributed by atoms with Gasteiger partial charge in [-0.25, -0.2) is 9.18 Å². The lowest BCUT2D eigenvalue weighted by Crippen LogP contribution is -2.43. The normalized spacial score (nSPS) is 10.5. The van der Waals surface area contributed by atoms with Crippen LogP contribution in [0.15, 0.2) is 18.2 Å². The fourth-order valence-electron chi connectivity index (χ4n) is 1.18. The number of halogens is 1. The zero-order chi connectivity index (χ0) is 13.1. The van der Waals surface area contributed by atoms with Crippen LogP contribution in [0.1, 0.15) is 26.3 Å². The number of carbonyl (C=O) groups excluding carboxylic acids is 1. The van der Waals surface area contributed by atoms with Crippen molar-refractivity contribution < 1.29 is 9.18 Å². The molecule has 0 aromatic heterocycles. The standard InChI is InChI=1S/C12H14FN3O/c1-12(2,3)16-11(17)15-10-5-4-8(7-14)6-9(10)13/h4-6H,1-3H3,(H2,15,16,17). The quantitative estimate of drug-likeness (QED) is 0.785. The van der Waals surface area contributed by atoms with E-state index in [2.05, 4.69) is 10.6 Å². The highest BCUT2D eigenvalue weighted by Crippen LogP contribution is 2.15. The van der Waals surface area contributed by atoms with Crippen molar-refractivity contribution in [3.8, 4) is 6.07 Å². The highest BCUT2D eigenvalue weighted by molar-refractivity contribution is 5.89. The Hall–Kier alpha value is -2.09. The summed E-state index contributed by atoms with van der Waals surface area (Å²) in [5.74, 6) is -0.631. The van der Waals surface area contributed by atoms with Crippen LogP contribution in [0.3, 0.4) is 0 Å². The van der Waals surface area contributed by atoms with Gasteiger partial charge in [0, 0.05) is 5.54 Å². The predicted molar refractivity (Wildman–Crippen MR) is 63.0 cm³/mol. The maximum atomic E-state index is 13.4. The number of nitrogens with zero attached hydrogens (tertiary/aromatic N) is 1. The molecule has 0 aliphatic heterocycles. The third-order valence-corrected chi connectivity index (χ3v) is 1.83. The van der Waals surface area contributed by atoms with Crippen molar-refractivity contribution >= 4 is 11.7 Å². The van der Waals surface area contributed by atoms with Gasteiger partial charge in [-0.15, -0.1) is 0 Å². The Bertz CT molecular complexity index is 472. The molecule has 0 radical (unpaired) electrons. The average Bonchev–Trinajstić information content (AvgIpc) is 2.18. The Labute approximate surface area is 99.4 Å². The van der Waals surface area contributed by atoms with Crippen molar-refractivity contribution in [2.45, 2.75) is 26.3 Å². The van der Waals surface area contributed by atoms with Crippen molar-refractivity contribution in [2.75, 3.05) is 5.32 Å². The van der Waals surface area contributed by atoms with E-state index in [1.54, 1.807) is 0 Å². The molecule has 17 heavy (non-hydrogen) atoms. The SMILES string of the molecule is CC(C)(C)NC(=O)Nc1ccc(C#N)cc1F. The van der Waals surface area contributed by atoms with Crippen LogP contribution in [0, 0.1) is 17.1 Å². The van der Waals surface area contributed by atoms with Gasteiger partial charge in [0.05, 0.1) is 17.3 Å². The van der Waals surface area contributed by atoms with Crippen molar-refractivity contribution in [2.24, 2.45) is 0 Å². The Morgan fingerprint density at radius 1 is 1.41 bits per heavy atom. The molecule has 0 aliphatic carbocycles. The lowest BCUT2D eigenvalue weighted by Gasteiger charge is -2.20. The van der Waals surface area contributed by atoms with Crippen molar-refractivity contribution in [1.29, 1.82) is 5.26 Å². The number of nitrogens with one attached hydrogen (secondary N) is 2. The van der Waals surface area contributed by atoms with E-state index in [9.17, 15) is 9.18 Å². The fourth-order valence-corrected chi connectivity index (χ4v) is 1.18. The molecule has 0 atom stereocenters. The number of benzene rings is 1. The molecule has 0 bridgehead atoms. The maximum absolute atomic E-state index is 13.4. The molecule has 0 saturated carbocycles. The molecular weight excluding hydrogens is 221 g/mol. The van der Waals surface area contributed by atoms with Crippen LogP contribution < -0.4 is 10.6 Å². The van der Waals surface area contributed by atoms with Gasteiger partial charge >= 0.3 is 6.03 Å². The highest BCUT2D eigenvalue weighted by Gasteiger charge is 2.14. The third kappa shape index (κ3) is 4.11. The lowest BCUT2D eigenvalue weighted by atomic mass is 10.1. The number of rotatable bonds is 1. The van der Waals surface area contributed by atoms with E-state index in [4.69, 9.17) is 5.26 Å².